The van der Waals surface area contributed by atoms with Gasteiger partial charge in [0.1, 0.15) is 0 Å². The van der Waals surface area contributed by atoms with Crippen LogP contribution in [0.4, 0.5) is 13.2 Å². The number of rotatable bonds is 44. The molecule has 6 aliphatic carbocycles. The summed E-state index contributed by atoms with van der Waals surface area (Å²) in [4.78, 5) is 33.6. The maximum absolute atomic E-state index is 12.3. The zero-order valence-electron chi connectivity index (χ0n) is 49.5. The lowest BCUT2D eigenvalue weighted by Crippen LogP contribution is -2.30. The number of alkyl halides is 3. The number of esters is 3. The number of unbranched alkanes of at least 4 members (excludes halogenated alkanes) is 18. The summed E-state index contributed by atoms with van der Waals surface area (Å²) in [5, 5.41) is 0. The molecule has 0 amide bonds. The van der Waals surface area contributed by atoms with Gasteiger partial charge in [-0.1, -0.05) is 202 Å². The molecule has 76 heavy (non-hydrogen) atoms. The second-order valence-electron chi connectivity index (χ2n) is 25.7. The average molecular weight is 1080 g/mol. The summed E-state index contributed by atoms with van der Waals surface area (Å²) in [5.41, 5.74) is 0. The molecule has 6 fully saturated rings. The molecule has 0 aromatic rings. The van der Waals surface area contributed by atoms with E-state index in [0.29, 0.717) is 25.9 Å². The highest BCUT2D eigenvalue weighted by Gasteiger charge is 2.47. The first-order chi connectivity index (χ1) is 36.3. The second kappa shape index (κ2) is 39.6. The van der Waals surface area contributed by atoms with Crippen LogP contribution < -0.4 is 0 Å². The maximum atomic E-state index is 12.3. The van der Waals surface area contributed by atoms with E-state index < -0.39 is 18.2 Å². The quantitative estimate of drug-likeness (QED) is 0.0344. The topological polar surface area (TPSA) is 78.9 Å². The fraction of sp³-hybridized carbons (Fsp3) is 0.955. The molecule has 0 aromatic carbocycles. The highest BCUT2D eigenvalue weighted by molar-refractivity contribution is 5.70. The van der Waals surface area contributed by atoms with Gasteiger partial charge in [-0.05, 0) is 162 Å². The van der Waals surface area contributed by atoms with Crippen LogP contribution in [0.25, 0.3) is 0 Å². The van der Waals surface area contributed by atoms with E-state index in [1.807, 2.05) is 6.92 Å². The van der Waals surface area contributed by atoms with Crippen LogP contribution in [-0.4, -0.2) is 43.9 Å². The van der Waals surface area contributed by atoms with Gasteiger partial charge in [0.15, 0.2) is 6.10 Å². The van der Waals surface area contributed by atoms with Gasteiger partial charge in [-0.15, -0.1) is 0 Å². The van der Waals surface area contributed by atoms with Crippen LogP contribution in [0.1, 0.15) is 312 Å². The molecular formula is C67H121F3O6. The Morgan fingerprint density at radius 1 is 0.395 bits per heavy atom. The van der Waals surface area contributed by atoms with Crippen molar-refractivity contribution in [3.05, 3.63) is 0 Å². The number of carbonyl (C=O) groups is 3. The Bertz CT molecular complexity index is 1500. The van der Waals surface area contributed by atoms with Gasteiger partial charge < -0.3 is 14.2 Å². The number of ether oxygens (including phenoxy) is 3. The predicted molar refractivity (Wildman–Crippen MR) is 310 cm³/mol. The Morgan fingerprint density at radius 2 is 0.658 bits per heavy atom. The predicted octanol–water partition coefficient (Wildman–Crippen LogP) is 20.7. The van der Waals surface area contributed by atoms with E-state index in [4.69, 9.17) is 4.74 Å². The number of halogens is 3. The van der Waals surface area contributed by atoms with E-state index in [0.717, 1.165) is 104 Å². The van der Waals surface area contributed by atoms with Crippen molar-refractivity contribution in [2.75, 3.05) is 13.7 Å². The van der Waals surface area contributed by atoms with Crippen molar-refractivity contribution in [3.8, 4) is 0 Å². The first kappa shape index (κ1) is 68.5. The summed E-state index contributed by atoms with van der Waals surface area (Å²) in [5.74, 6) is 12.0. The van der Waals surface area contributed by atoms with Crippen molar-refractivity contribution in [2.24, 2.45) is 71.0 Å². The highest BCUT2D eigenvalue weighted by Crippen LogP contribution is 2.57. The van der Waals surface area contributed by atoms with Gasteiger partial charge >= 0.3 is 24.1 Å². The lowest BCUT2D eigenvalue weighted by molar-refractivity contribution is -0.216. The van der Waals surface area contributed by atoms with Crippen LogP contribution in [0.5, 0.6) is 0 Å². The number of carbonyl (C=O) groups excluding carboxylic acids is 3. The molecule has 0 N–H and O–H groups in total. The van der Waals surface area contributed by atoms with E-state index in [1.165, 1.54) is 200 Å². The minimum absolute atomic E-state index is 0. The number of hydrogen-bond acceptors (Lipinski definition) is 6. The van der Waals surface area contributed by atoms with Crippen molar-refractivity contribution in [1.29, 1.82) is 0 Å². The third-order valence-corrected chi connectivity index (χ3v) is 18.9. The van der Waals surface area contributed by atoms with Crippen LogP contribution in [0.15, 0.2) is 0 Å². The Hall–Kier alpha value is -1.80. The van der Waals surface area contributed by atoms with Crippen LogP contribution in [-0.2, 0) is 28.6 Å². The zero-order valence-corrected chi connectivity index (χ0v) is 49.5. The maximum Gasteiger partial charge on any atom is 0.425 e. The standard InChI is InChI=1S/C23H39F3O2.C22H40O2.C21H38O2.CH4/c1-3-4-8-11-18-14-20(18)16-21-15-19(21)12-9-6-5-7-10-13-22(27)28-17(2)23(24,25)26;1-3-5-9-12-18-15-20(18)17-21-16-19(21)13-10-7-6-8-11-14-22(23)24-4-2;1-3-4-8-11-17-14-19(17)16-20-15-18(20)12-9-6-5-7-10-13-21(22)23-2;/h17-21H,3-16H2,1-2H3;18-21H,3-17H2,1-2H3;17-20H,3-16H2,1-2H3;1H4. The Morgan fingerprint density at radius 3 is 0.934 bits per heavy atom. The van der Waals surface area contributed by atoms with Crippen LogP contribution in [0, 0.1) is 71.0 Å². The zero-order chi connectivity index (χ0) is 54.3. The number of hydrogen-bond donors (Lipinski definition) is 0. The summed E-state index contributed by atoms with van der Waals surface area (Å²) in [7, 11) is 1.48. The summed E-state index contributed by atoms with van der Waals surface area (Å²) >= 11 is 0. The molecule has 0 radical (unpaired) electrons. The lowest BCUT2D eigenvalue weighted by atomic mass is 10.0. The highest BCUT2D eigenvalue weighted by atomic mass is 19.4. The summed E-state index contributed by atoms with van der Waals surface area (Å²) in [6.45, 7) is 10.1. The molecule has 0 spiro atoms. The van der Waals surface area contributed by atoms with Crippen molar-refractivity contribution in [2.45, 2.75) is 324 Å². The summed E-state index contributed by atoms with van der Waals surface area (Å²) < 4.78 is 51.0. The lowest BCUT2D eigenvalue weighted by Gasteiger charge is -2.16. The second-order valence-corrected chi connectivity index (χ2v) is 25.7. The smallest absolute Gasteiger partial charge is 0.425 e. The van der Waals surface area contributed by atoms with Gasteiger partial charge in [-0.25, -0.2) is 0 Å². The Kier molecular flexibility index (Phi) is 35.7. The van der Waals surface area contributed by atoms with E-state index in [1.54, 1.807) is 25.7 Å². The van der Waals surface area contributed by atoms with E-state index in [-0.39, 0.29) is 25.8 Å². The molecule has 6 saturated carbocycles. The monoisotopic (exact) mass is 1080 g/mol. The van der Waals surface area contributed by atoms with Crippen LogP contribution >= 0.6 is 0 Å². The minimum atomic E-state index is -4.47. The third-order valence-electron chi connectivity index (χ3n) is 18.9. The first-order valence-corrected chi connectivity index (χ1v) is 32.8. The third kappa shape index (κ3) is 32.5. The fourth-order valence-corrected chi connectivity index (χ4v) is 13.1. The average Bonchev–Trinajstić information content (AvgIpc) is 4.11. The molecule has 6 aliphatic rings. The van der Waals surface area contributed by atoms with Crippen LogP contribution in [0.3, 0.4) is 0 Å². The molecule has 0 bridgehead atoms. The van der Waals surface area contributed by atoms with Gasteiger partial charge in [0.05, 0.1) is 13.7 Å². The molecule has 13 atom stereocenters. The molecule has 0 aromatic heterocycles. The van der Waals surface area contributed by atoms with Crippen LogP contribution in [0.2, 0.25) is 0 Å². The molecule has 6 rings (SSSR count). The minimum Gasteiger partial charge on any atom is -0.469 e. The van der Waals surface area contributed by atoms with Crippen molar-refractivity contribution < 1.29 is 41.8 Å². The van der Waals surface area contributed by atoms with Crippen molar-refractivity contribution in [3.63, 3.8) is 0 Å². The first-order valence-electron chi connectivity index (χ1n) is 32.8. The Labute approximate surface area is 466 Å². The molecular weight excluding hydrogens is 958 g/mol. The SMILES string of the molecule is C.CCCCCC1CC1CC1CC1CCCCCCCC(=O)OC.CCCCCC1CC1CC1CC1CCCCCCCC(=O)OC(C)C(F)(F)F.CCCCCC1CC1CC1CC1CCCCCCCC(=O)OCC. The molecule has 0 aliphatic heterocycles. The number of methoxy groups -OCH3 is 1. The fourth-order valence-electron chi connectivity index (χ4n) is 13.1. The van der Waals surface area contributed by atoms with Crippen molar-refractivity contribution in [1.82, 2.24) is 0 Å². The normalized spacial score (nSPS) is 27.6. The molecule has 0 saturated heterocycles. The summed E-state index contributed by atoms with van der Waals surface area (Å²) in [6, 6.07) is 0. The van der Waals surface area contributed by atoms with E-state index in [9.17, 15) is 27.6 Å². The van der Waals surface area contributed by atoms with E-state index >= 15 is 0 Å². The van der Waals surface area contributed by atoms with Gasteiger partial charge in [0.2, 0.25) is 0 Å². The molecule has 446 valence electrons. The summed E-state index contributed by atoms with van der Waals surface area (Å²) in [6.07, 6.45) is 47.4. The van der Waals surface area contributed by atoms with Gasteiger partial charge in [-0.2, -0.15) is 13.2 Å². The largest absolute Gasteiger partial charge is 0.469 e. The van der Waals surface area contributed by atoms with E-state index in [2.05, 4.69) is 30.2 Å². The molecule has 0 heterocycles. The van der Waals surface area contributed by atoms with Gasteiger partial charge in [0.25, 0.3) is 0 Å². The Balaban J connectivity index is 0.000000300. The molecule has 13 unspecified atom stereocenters. The van der Waals surface area contributed by atoms with Gasteiger partial charge in [0, 0.05) is 19.3 Å². The molecule has 9 heteroatoms. The molecule has 6 nitrogen and oxygen atoms in total. The van der Waals surface area contributed by atoms with Gasteiger partial charge in [-0.3, -0.25) is 14.4 Å². The van der Waals surface area contributed by atoms with Crippen molar-refractivity contribution >= 4 is 17.9 Å².